The topological polar surface area (TPSA) is 49.5 Å². The molecule has 4 heteroatoms. The molecule has 1 aromatic rings. The number of aliphatic hydroxyl groups excluding tert-OH is 1. The molecule has 0 aliphatic carbocycles. The minimum Gasteiger partial charge on any atom is -0.392 e. The maximum absolute atomic E-state index is 10.1. The number of thiophene rings is 1. The number of aryl methyl sites for hydroxylation is 1. The van der Waals surface area contributed by atoms with Gasteiger partial charge in [0.2, 0.25) is 0 Å². The maximum Gasteiger partial charge on any atom is 0.0693 e. The van der Waals surface area contributed by atoms with Crippen LogP contribution in [-0.4, -0.2) is 35.2 Å². The van der Waals surface area contributed by atoms with Crippen LogP contribution in [0, 0.1) is 12.8 Å². The van der Waals surface area contributed by atoms with E-state index in [2.05, 4.69) is 37.8 Å². The number of hydrogen-bond acceptors (Lipinski definition) is 4. The molecule has 1 aliphatic rings. The number of piperidine rings is 1. The fraction of sp³-hybridized carbons (Fsp3) is 0.733. The fourth-order valence-corrected chi connectivity index (χ4v) is 3.91. The number of nitrogens with two attached hydrogens (primary N) is 1. The van der Waals surface area contributed by atoms with Crippen molar-refractivity contribution in [3.05, 3.63) is 21.9 Å². The summed E-state index contributed by atoms with van der Waals surface area (Å²) in [6, 6.07) is 4.76. The molecule has 108 valence electrons. The molecule has 0 amide bonds. The molecule has 19 heavy (non-hydrogen) atoms. The van der Waals surface area contributed by atoms with Crippen LogP contribution in [0.4, 0.5) is 0 Å². The molecule has 4 unspecified atom stereocenters. The standard InChI is InChI=1S/C15H26N2OS/c1-4-12(16)15(14-6-5-11(3)19-14)17-8-7-10(2)13(18)9-17/h5-6,10,12-13,15,18H,4,7-9,16H2,1-3H3. The first-order valence-electron chi connectivity index (χ1n) is 7.27. The highest BCUT2D eigenvalue weighted by molar-refractivity contribution is 7.12. The van der Waals surface area contributed by atoms with Gasteiger partial charge in [0.05, 0.1) is 12.1 Å². The van der Waals surface area contributed by atoms with Gasteiger partial charge in [-0.25, -0.2) is 0 Å². The van der Waals surface area contributed by atoms with Crippen LogP contribution in [0.25, 0.3) is 0 Å². The van der Waals surface area contributed by atoms with Gasteiger partial charge in [0.15, 0.2) is 0 Å². The van der Waals surface area contributed by atoms with Crippen LogP contribution in [0.5, 0.6) is 0 Å². The normalized spacial score (nSPS) is 28.3. The van der Waals surface area contributed by atoms with Crippen molar-refractivity contribution in [1.29, 1.82) is 0 Å². The van der Waals surface area contributed by atoms with Gasteiger partial charge in [-0.15, -0.1) is 11.3 Å². The first-order chi connectivity index (χ1) is 9.02. The van der Waals surface area contributed by atoms with E-state index < -0.39 is 0 Å². The highest BCUT2D eigenvalue weighted by Crippen LogP contribution is 2.33. The van der Waals surface area contributed by atoms with Crippen LogP contribution in [0.3, 0.4) is 0 Å². The number of β-amino-alcohol motifs (C(OH)–C–C–N with tert-alkyl or cyclic N) is 1. The van der Waals surface area contributed by atoms with Gasteiger partial charge in [0.1, 0.15) is 0 Å². The summed E-state index contributed by atoms with van der Waals surface area (Å²) in [5.41, 5.74) is 6.35. The summed E-state index contributed by atoms with van der Waals surface area (Å²) in [6.45, 7) is 8.19. The summed E-state index contributed by atoms with van der Waals surface area (Å²) < 4.78 is 0. The lowest BCUT2D eigenvalue weighted by Gasteiger charge is -2.41. The molecule has 0 aromatic carbocycles. The summed E-state index contributed by atoms with van der Waals surface area (Å²) in [7, 11) is 0. The van der Waals surface area contributed by atoms with Gasteiger partial charge in [-0.1, -0.05) is 13.8 Å². The third-order valence-electron chi connectivity index (χ3n) is 4.27. The van der Waals surface area contributed by atoms with Gasteiger partial charge in [0.25, 0.3) is 0 Å². The molecule has 1 saturated heterocycles. The van der Waals surface area contributed by atoms with E-state index in [1.54, 1.807) is 0 Å². The van der Waals surface area contributed by atoms with Crippen LogP contribution in [0.1, 0.15) is 42.5 Å². The molecule has 4 atom stereocenters. The number of likely N-dealkylation sites (tertiary alicyclic amines) is 1. The van der Waals surface area contributed by atoms with E-state index in [1.165, 1.54) is 9.75 Å². The van der Waals surface area contributed by atoms with Crippen molar-refractivity contribution >= 4 is 11.3 Å². The first kappa shape index (κ1) is 15.0. The van der Waals surface area contributed by atoms with Crippen molar-refractivity contribution in [3.8, 4) is 0 Å². The molecular formula is C15H26N2OS. The highest BCUT2D eigenvalue weighted by Gasteiger charge is 2.33. The van der Waals surface area contributed by atoms with Crippen LogP contribution in [0.15, 0.2) is 12.1 Å². The second-order valence-electron chi connectivity index (χ2n) is 5.79. The first-order valence-corrected chi connectivity index (χ1v) is 8.08. The van der Waals surface area contributed by atoms with Gasteiger partial charge in [-0.2, -0.15) is 0 Å². The van der Waals surface area contributed by atoms with Crippen molar-refractivity contribution in [2.24, 2.45) is 11.7 Å². The number of rotatable bonds is 4. The van der Waals surface area contributed by atoms with Crippen molar-refractivity contribution in [2.45, 2.75) is 51.8 Å². The second kappa shape index (κ2) is 6.35. The zero-order chi connectivity index (χ0) is 14.0. The Morgan fingerprint density at radius 3 is 2.79 bits per heavy atom. The summed E-state index contributed by atoms with van der Waals surface area (Å²) in [6.07, 6.45) is 1.80. The zero-order valence-corrected chi connectivity index (χ0v) is 13.0. The lowest BCUT2D eigenvalue weighted by molar-refractivity contribution is 0.00471. The Morgan fingerprint density at radius 2 is 2.26 bits per heavy atom. The number of aliphatic hydroxyl groups is 1. The monoisotopic (exact) mass is 282 g/mol. The second-order valence-corrected chi connectivity index (χ2v) is 7.11. The zero-order valence-electron chi connectivity index (χ0n) is 12.2. The molecule has 0 radical (unpaired) electrons. The number of nitrogens with zero attached hydrogens (tertiary/aromatic N) is 1. The molecule has 3 nitrogen and oxygen atoms in total. The van der Waals surface area contributed by atoms with Gasteiger partial charge < -0.3 is 10.8 Å². The predicted molar refractivity (Wildman–Crippen MR) is 81.4 cm³/mol. The Hall–Kier alpha value is -0.420. The third-order valence-corrected chi connectivity index (χ3v) is 5.34. The quantitative estimate of drug-likeness (QED) is 0.892. The minimum absolute atomic E-state index is 0.138. The van der Waals surface area contributed by atoms with E-state index in [0.717, 1.165) is 25.9 Å². The average Bonchev–Trinajstić information content (AvgIpc) is 2.80. The molecule has 3 N–H and O–H groups in total. The molecule has 0 bridgehead atoms. The average molecular weight is 282 g/mol. The van der Waals surface area contributed by atoms with Crippen LogP contribution in [-0.2, 0) is 0 Å². The lowest BCUT2D eigenvalue weighted by atomic mass is 9.92. The predicted octanol–water partition coefficient (Wildman–Crippen LogP) is 2.54. The van der Waals surface area contributed by atoms with Crippen molar-refractivity contribution in [1.82, 2.24) is 4.90 Å². The molecule has 1 fully saturated rings. The van der Waals surface area contributed by atoms with E-state index in [4.69, 9.17) is 5.73 Å². The van der Waals surface area contributed by atoms with E-state index in [1.807, 2.05) is 11.3 Å². The summed E-state index contributed by atoms with van der Waals surface area (Å²) in [5.74, 6) is 0.403. The van der Waals surface area contributed by atoms with Crippen molar-refractivity contribution < 1.29 is 5.11 Å². The molecule has 2 rings (SSSR count). The van der Waals surface area contributed by atoms with Crippen LogP contribution < -0.4 is 5.73 Å². The Morgan fingerprint density at radius 1 is 1.53 bits per heavy atom. The Labute approximate surface area is 120 Å². The smallest absolute Gasteiger partial charge is 0.0693 e. The molecule has 1 aliphatic heterocycles. The van der Waals surface area contributed by atoms with Gasteiger partial charge in [0, 0.05) is 22.3 Å². The molecule has 2 heterocycles. The van der Waals surface area contributed by atoms with Gasteiger partial charge in [-0.05, 0) is 44.4 Å². The fourth-order valence-electron chi connectivity index (χ4n) is 2.82. The number of hydrogen-bond donors (Lipinski definition) is 2. The van der Waals surface area contributed by atoms with Gasteiger partial charge in [-0.3, -0.25) is 4.90 Å². The summed E-state index contributed by atoms with van der Waals surface area (Å²) in [5, 5.41) is 10.1. The van der Waals surface area contributed by atoms with E-state index in [-0.39, 0.29) is 18.2 Å². The van der Waals surface area contributed by atoms with Crippen LogP contribution in [0.2, 0.25) is 0 Å². The maximum atomic E-state index is 10.1. The van der Waals surface area contributed by atoms with Crippen molar-refractivity contribution in [2.75, 3.05) is 13.1 Å². The Bertz CT molecular complexity index is 407. The summed E-state index contributed by atoms with van der Waals surface area (Å²) in [4.78, 5) is 5.05. The third kappa shape index (κ3) is 3.37. The van der Waals surface area contributed by atoms with Gasteiger partial charge >= 0.3 is 0 Å². The minimum atomic E-state index is -0.221. The molecule has 1 aromatic heterocycles. The Balaban J connectivity index is 2.18. The largest absolute Gasteiger partial charge is 0.392 e. The van der Waals surface area contributed by atoms with E-state index in [9.17, 15) is 5.11 Å². The summed E-state index contributed by atoms with van der Waals surface area (Å²) >= 11 is 1.83. The highest BCUT2D eigenvalue weighted by atomic mass is 32.1. The van der Waals surface area contributed by atoms with E-state index >= 15 is 0 Å². The lowest BCUT2D eigenvalue weighted by Crippen LogP contribution is -2.49. The molecule has 0 saturated carbocycles. The van der Waals surface area contributed by atoms with Crippen LogP contribution >= 0.6 is 11.3 Å². The van der Waals surface area contributed by atoms with E-state index in [0.29, 0.717) is 5.92 Å². The Kier molecular flexibility index (Phi) is 5.01. The molecule has 0 spiro atoms. The SMILES string of the molecule is CCC(N)C(c1ccc(C)s1)N1CCC(C)C(O)C1. The molecular weight excluding hydrogens is 256 g/mol. The van der Waals surface area contributed by atoms with Crippen molar-refractivity contribution in [3.63, 3.8) is 0 Å².